The summed E-state index contributed by atoms with van der Waals surface area (Å²) in [4.78, 5) is 28.9. The maximum absolute atomic E-state index is 12.1. The molecule has 0 atom stereocenters. The molecule has 0 spiro atoms. The Labute approximate surface area is 158 Å². The average Bonchev–Trinajstić information content (AvgIpc) is 3.17. The van der Waals surface area contributed by atoms with Crippen molar-refractivity contribution in [3.63, 3.8) is 0 Å². The summed E-state index contributed by atoms with van der Waals surface area (Å²) in [5.41, 5.74) is 1.07. The summed E-state index contributed by atoms with van der Waals surface area (Å²) in [6.07, 6.45) is 0. The van der Waals surface area contributed by atoms with Crippen LogP contribution in [0.5, 0.6) is 0 Å². The number of aromatic nitrogens is 2. The minimum Gasteiger partial charge on any atom is -0.360 e. The van der Waals surface area contributed by atoms with Crippen LogP contribution in [-0.4, -0.2) is 33.0 Å². The van der Waals surface area contributed by atoms with E-state index in [4.69, 9.17) is 4.52 Å². The molecule has 9 heteroatoms. The zero-order chi connectivity index (χ0) is 18.5. The number of fused-ring (bicyclic) bond motifs is 1. The van der Waals surface area contributed by atoms with E-state index in [1.807, 2.05) is 35.8 Å². The molecule has 3 aromatic rings. The third-order valence-corrected chi connectivity index (χ3v) is 5.46. The van der Waals surface area contributed by atoms with Crippen LogP contribution in [0.25, 0.3) is 10.2 Å². The van der Waals surface area contributed by atoms with Crippen LogP contribution in [0, 0.1) is 6.92 Å². The number of para-hydroxylation sites is 1. The van der Waals surface area contributed by atoms with Crippen LogP contribution in [0.4, 0.5) is 5.82 Å². The molecular weight excluding hydrogens is 372 g/mol. The van der Waals surface area contributed by atoms with Crippen molar-refractivity contribution in [3.05, 3.63) is 40.9 Å². The van der Waals surface area contributed by atoms with Crippen molar-refractivity contribution in [3.8, 4) is 0 Å². The van der Waals surface area contributed by atoms with E-state index >= 15 is 0 Å². The van der Waals surface area contributed by atoms with Gasteiger partial charge in [-0.15, -0.1) is 11.8 Å². The van der Waals surface area contributed by atoms with Crippen molar-refractivity contribution in [2.75, 3.05) is 16.8 Å². The third kappa shape index (κ3) is 4.41. The number of thioether (sulfide) groups is 1. The van der Waals surface area contributed by atoms with E-state index in [0.29, 0.717) is 16.4 Å². The molecule has 0 radical (unpaired) electrons. The standard InChI is InChI=1S/C17H18N4O3S2/c1-3-21-12-6-4-5-7-13(12)26-17(21)19-16(23)10-25-9-15(22)18-14-8-11(2)24-20-14/h4-8H,3,9-10H2,1-2H3,(H,18,20,22). The number of hydrogen-bond acceptors (Lipinski definition) is 6. The molecule has 0 unspecified atom stereocenters. The average molecular weight is 390 g/mol. The fourth-order valence-corrected chi connectivity index (χ4v) is 4.10. The molecule has 136 valence electrons. The highest BCUT2D eigenvalue weighted by Gasteiger charge is 2.09. The smallest absolute Gasteiger partial charge is 0.258 e. The molecule has 1 N–H and O–H groups in total. The van der Waals surface area contributed by atoms with Crippen LogP contribution in [0.3, 0.4) is 0 Å². The van der Waals surface area contributed by atoms with E-state index in [1.54, 1.807) is 13.0 Å². The molecule has 0 aliphatic rings. The molecule has 26 heavy (non-hydrogen) atoms. The molecule has 1 aromatic carbocycles. The van der Waals surface area contributed by atoms with Crippen molar-refractivity contribution in [2.24, 2.45) is 4.99 Å². The largest absolute Gasteiger partial charge is 0.360 e. The van der Waals surface area contributed by atoms with Gasteiger partial charge in [-0.05, 0) is 26.0 Å². The van der Waals surface area contributed by atoms with Gasteiger partial charge in [-0.3, -0.25) is 9.59 Å². The highest BCUT2D eigenvalue weighted by Crippen LogP contribution is 2.16. The van der Waals surface area contributed by atoms with Crippen LogP contribution in [0.1, 0.15) is 12.7 Å². The Kier molecular flexibility index (Phi) is 5.89. The van der Waals surface area contributed by atoms with E-state index in [1.165, 1.54) is 23.1 Å². The summed E-state index contributed by atoms with van der Waals surface area (Å²) in [7, 11) is 0. The first-order valence-electron chi connectivity index (χ1n) is 8.03. The molecular formula is C17H18N4O3S2. The first-order chi connectivity index (χ1) is 12.6. The zero-order valence-electron chi connectivity index (χ0n) is 14.4. The number of aryl methyl sites for hydroxylation is 2. The topological polar surface area (TPSA) is 89.5 Å². The summed E-state index contributed by atoms with van der Waals surface area (Å²) >= 11 is 2.71. The number of carbonyl (C=O) groups excluding carboxylic acids is 2. The van der Waals surface area contributed by atoms with Gasteiger partial charge < -0.3 is 14.4 Å². The number of thiazole rings is 1. The third-order valence-electron chi connectivity index (χ3n) is 3.48. The van der Waals surface area contributed by atoms with Crippen molar-refractivity contribution in [1.29, 1.82) is 0 Å². The molecule has 2 heterocycles. The molecule has 2 aromatic heterocycles. The van der Waals surface area contributed by atoms with Gasteiger partial charge in [0.25, 0.3) is 5.91 Å². The second kappa shape index (κ2) is 8.33. The Morgan fingerprint density at radius 1 is 1.35 bits per heavy atom. The number of nitrogens with one attached hydrogen (secondary N) is 1. The molecule has 3 rings (SSSR count). The van der Waals surface area contributed by atoms with Crippen LogP contribution in [0.2, 0.25) is 0 Å². The molecule has 0 aliphatic carbocycles. The minimum absolute atomic E-state index is 0.142. The normalized spacial score (nSPS) is 11.8. The van der Waals surface area contributed by atoms with Gasteiger partial charge in [0.2, 0.25) is 5.91 Å². The van der Waals surface area contributed by atoms with Gasteiger partial charge in [0.15, 0.2) is 10.6 Å². The van der Waals surface area contributed by atoms with E-state index in [9.17, 15) is 9.59 Å². The fourth-order valence-electron chi connectivity index (χ4n) is 2.39. The van der Waals surface area contributed by atoms with Gasteiger partial charge in [0, 0.05) is 12.6 Å². The number of carbonyl (C=O) groups is 2. The molecule has 2 amide bonds. The summed E-state index contributed by atoms with van der Waals surface area (Å²) < 4.78 is 7.99. The van der Waals surface area contributed by atoms with Gasteiger partial charge in [-0.25, -0.2) is 0 Å². The van der Waals surface area contributed by atoms with Crippen molar-refractivity contribution in [2.45, 2.75) is 20.4 Å². The second-order valence-electron chi connectivity index (χ2n) is 5.47. The minimum atomic E-state index is -0.256. The van der Waals surface area contributed by atoms with Crippen LogP contribution < -0.4 is 10.1 Å². The Balaban J connectivity index is 1.58. The van der Waals surface area contributed by atoms with E-state index in [2.05, 4.69) is 15.5 Å². The number of hydrogen-bond donors (Lipinski definition) is 1. The van der Waals surface area contributed by atoms with Crippen LogP contribution >= 0.6 is 23.1 Å². The van der Waals surface area contributed by atoms with Crippen molar-refractivity contribution < 1.29 is 14.1 Å². The van der Waals surface area contributed by atoms with Gasteiger partial charge in [-0.2, -0.15) is 4.99 Å². The highest BCUT2D eigenvalue weighted by atomic mass is 32.2. The maximum atomic E-state index is 12.1. The van der Waals surface area contributed by atoms with Crippen LogP contribution in [-0.2, 0) is 16.1 Å². The number of nitrogens with zero attached hydrogens (tertiary/aromatic N) is 3. The lowest BCUT2D eigenvalue weighted by atomic mass is 10.3. The molecule has 7 nitrogen and oxygen atoms in total. The number of anilines is 1. The lowest BCUT2D eigenvalue weighted by Crippen LogP contribution is -2.18. The number of rotatable bonds is 6. The molecule has 0 saturated heterocycles. The lowest BCUT2D eigenvalue weighted by Gasteiger charge is -2.00. The maximum Gasteiger partial charge on any atom is 0.258 e. The Morgan fingerprint density at radius 2 is 2.15 bits per heavy atom. The van der Waals surface area contributed by atoms with E-state index in [0.717, 1.165) is 16.8 Å². The van der Waals surface area contributed by atoms with Gasteiger partial charge >= 0.3 is 0 Å². The van der Waals surface area contributed by atoms with Gasteiger partial charge in [-0.1, -0.05) is 28.6 Å². The van der Waals surface area contributed by atoms with E-state index < -0.39 is 0 Å². The highest BCUT2D eigenvalue weighted by molar-refractivity contribution is 8.00. The first-order valence-corrected chi connectivity index (χ1v) is 10.0. The fraction of sp³-hybridized carbons (Fsp3) is 0.294. The molecule has 0 saturated carbocycles. The zero-order valence-corrected chi connectivity index (χ0v) is 16.0. The second-order valence-corrected chi connectivity index (χ2v) is 7.46. The summed E-state index contributed by atoms with van der Waals surface area (Å²) in [5.74, 6) is 0.791. The molecule has 0 bridgehead atoms. The SMILES string of the molecule is CCn1c(=NC(=O)CSCC(=O)Nc2cc(C)on2)sc2ccccc21. The number of benzene rings is 1. The van der Waals surface area contributed by atoms with E-state index in [-0.39, 0.29) is 23.3 Å². The predicted molar refractivity (Wildman–Crippen MR) is 103 cm³/mol. The molecule has 0 aliphatic heterocycles. The number of amides is 2. The quantitative estimate of drug-likeness (QED) is 0.699. The van der Waals surface area contributed by atoms with Crippen molar-refractivity contribution >= 4 is 50.9 Å². The summed E-state index contributed by atoms with van der Waals surface area (Å²) in [6.45, 7) is 4.50. The van der Waals surface area contributed by atoms with Crippen LogP contribution in [0.15, 0.2) is 39.8 Å². The van der Waals surface area contributed by atoms with Crippen molar-refractivity contribution in [1.82, 2.24) is 9.72 Å². The van der Waals surface area contributed by atoms with Gasteiger partial charge in [0.05, 0.1) is 21.7 Å². The predicted octanol–water partition coefficient (Wildman–Crippen LogP) is 2.82. The molecule has 0 fully saturated rings. The Hall–Kier alpha value is -2.39. The monoisotopic (exact) mass is 390 g/mol. The summed E-state index contributed by atoms with van der Waals surface area (Å²) in [5, 5.41) is 6.31. The summed E-state index contributed by atoms with van der Waals surface area (Å²) in [6, 6.07) is 9.60. The Morgan fingerprint density at radius 3 is 2.88 bits per heavy atom. The lowest BCUT2D eigenvalue weighted by molar-refractivity contribution is -0.115. The van der Waals surface area contributed by atoms with Gasteiger partial charge in [0.1, 0.15) is 5.76 Å². The Bertz CT molecular complexity index is 1000. The first kappa shape index (κ1) is 18.4.